The molecular weight excluding hydrogens is 257 g/mol. The fourth-order valence-electron chi connectivity index (χ4n) is 2.53. The third kappa shape index (κ3) is 3.43. The van der Waals surface area contributed by atoms with Crippen molar-refractivity contribution in [3.05, 3.63) is 17.3 Å². The first-order valence-electron chi connectivity index (χ1n) is 7.17. The fourth-order valence-corrected chi connectivity index (χ4v) is 2.53. The van der Waals surface area contributed by atoms with Crippen LogP contribution in [-0.4, -0.2) is 66.1 Å². The van der Waals surface area contributed by atoms with E-state index in [2.05, 4.69) is 39.2 Å². The summed E-state index contributed by atoms with van der Waals surface area (Å²) in [7, 11) is 4.25. The van der Waals surface area contributed by atoms with Gasteiger partial charge in [0, 0.05) is 38.6 Å². The zero-order valence-electron chi connectivity index (χ0n) is 12.8. The van der Waals surface area contributed by atoms with E-state index in [1.54, 1.807) is 6.92 Å². The molecule has 5 nitrogen and oxygen atoms in total. The van der Waals surface area contributed by atoms with Gasteiger partial charge in [-0.3, -0.25) is 0 Å². The first-order chi connectivity index (χ1) is 9.51. The van der Waals surface area contributed by atoms with Crippen LogP contribution in [0.1, 0.15) is 18.4 Å². The van der Waals surface area contributed by atoms with E-state index in [4.69, 9.17) is 0 Å². The monoisotopic (exact) mass is 281 g/mol. The topological polar surface area (TPSA) is 44.3 Å². The maximum absolute atomic E-state index is 13.9. The van der Waals surface area contributed by atoms with Crippen molar-refractivity contribution >= 4 is 5.82 Å². The van der Waals surface area contributed by atoms with Gasteiger partial charge in [0.15, 0.2) is 11.6 Å². The number of piperazine rings is 1. The molecule has 1 unspecified atom stereocenters. The van der Waals surface area contributed by atoms with Crippen LogP contribution < -0.4 is 5.32 Å². The number of anilines is 1. The van der Waals surface area contributed by atoms with Gasteiger partial charge in [-0.1, -0.05) is 0 Å². The van der Waals surface area contributed by atoms with Gasteiger partial charge in [0.1, 0.15) is 5.82 Å². The summed E-state index contributed by atoms with van der Waals surface area (Å²) in [4.78, 5) is 13.3. The highest BCUT2D eigenvalue weighted by Crippen LogP contribution is 2.16. The largest absolute Gasteiger partial charge is 0.368 e. The molecule has 1 aromatic rings. The van der Waals surface area contributed by atoms with Gasteiger partial charge in [0.05, 0.1) is 5.69 Å². The van der Waals surface area contributed by atoms with Crippen molar-refractivity contribution in [1.82, 2.24) is 19.8 Å². The van der Waals surface area contributed by atoms with Crippen LogP contribution in [0.3, 0.4) is 0 Å². The molecule has 0 bridgehead atoms. The summed E-state index contributed by atoms with van der Waals surface area (Å²) in [5, 5.41) is 2.96. The normalized spacial score (nSPS) is 21.1. The minimum Gasteiger partial charge on any atom is -0.368 e. The highest BCUT2D eigenvalue weighted by molar-refractivity contribution is 5.38. The van der Waals surface area contributed by atoms with Crippen molar-refractivity contribution in [2.75, 3.05) is 45.6 Å². The van der Waals surface area contributed by atoms with Crippen molar-refractivity contribution in [3.8, 4) is 0 Å². The van der Waals surface area contributed by atoms with E-state index in [1.165, 1.54) is 0 Å². The lowest BCUT2D eigenvalue weighted by atomic mass is 10.1. The summed E-state index contributed by atoms with van der Waals surface area (Å²) in [5.41, 5.74) is 0.415. The number of nitrogens with one attached hydrogen (secondary N) is 1. The van der Waals surface area contributed by atoms with Crippen LogP contribution in [0.25, 0.3) is 0 Å². The summed E-state index contributed by atoms with van der Waals surface area (Å²) in [6, 6.07) is 0.382. The number of aromatic nitrogens is 2. The lowest BCUT2D eigenvalue weighted by molar-refractivity contribution is 0.113. The predicted molar refractivity (Wildman–Crippen MR) is 78.5 cm³/mol. The number of likely N-dealkylation sites (N-methyl/N-ethyl adjacent to an activating group) is 2. The maximum atomic E-state index is 13.9. The molecule has 0 aromatic carbocycles. The molecule has 1 aromatic heterocycles. The Labute approximate surface area is 120 Å². The van der Waals surface area contributed by atoms with Gasteiger partial charge in [0.25, 0.3) is 0 Å². The molecule has 1 aliphatic heterocycles. The minimum atomic E-state index is -0.343. The van der Waals surface area contributed by atoms with Crippen molar-refractivity contribution in [2.45, 2.75) is 26.3 Å². The number of halogens is 1. The van der Waals surface area contributed by atoms with E-state index in [1.807, 2.05) is 6.92 Å². The maximum Gasteiger partial charge on any atom is 0.186 e. The molecule has 2 rings (SSSR count). The van der Waals surface area contributed by atoms with E-state index in [0.717, 1.165) is 26.1 Å². The molecule has 1 N–H and O–H groups in total. The molecule has 112 valence electrons. The molecule has 0 radical (unpaired) electrons. The third-order valence-electron chi connectivity index (χ3n) is 3.81. The number of rotatable bonds is 4. The van der Waals surface area contributed by atoms with E-state index in [-0.39, 0.29) is 5.82 Å². The second kappa shape index (κ2) is 6.45. The zero-order valence-corrected chi connectivity index (χ0v) is 12.8. The highest BCUT2D eigenvalue weighted by atomic mass is 19.1. The van der Waals surface area contributed by atoms with E-state index < -0.39 is 0 Å². The van der Waals surface area contributed by atoms with Crippen molar-refractivity contribution in [2.24, 2.45) is 0 Å². The first-order valence-corrected chi connectivity index (χ1v) is 7.17. The summed E-state index contributed by atoms with van der Waals surface area (Å²) < 4.78 is 13.9. The average molecular weight is 281 g/mol. The van der Waals surface area contributed by atoms with Crippen LogP contribution in [-0.2, 0) is 6.42 Å². The van der Waals surface area contributed by atoms with Crippen LogP contribution in [0.2, 0.25) is 0 Å². The minimum absolute atomic E-state index is 0.321. The third-order valence-corrected chi connectivity index (χ3v) is 3.81. The molecule has 0 saturated carbocycles. The Bertz CT molecular complexity index is 465. The van der Waals surface area contributed by atoms with E-state index in [9.17, 15) is 4.39 Å². The molecular formula is C14H24FN5. The number of hydrogen-bond donors (Lipinski definition) is 1. The van der Waals surface area contributed by atoms with Crippen LogP contribution in [0.4, 0.5) is 10.2 Å². The molecule has 1 aliphatic rings. The van der Waals surface area contributed by atoms with Crippen molar-refractivity contribution < 1.29 is 4.39 Å². The van der Waals surface area contributed by atoms with Gasteiger partial charge >= 0.3 is 0 Å². The number of nitrogens with zero attached hydrogens (tertiary/aromatic N) is 4. The molecule has 2 heterocycles. The predicted octanol–water partition coefficient (Wildman–Crippen LogP) is 1.14. The van der Waals surface area contributed by atoms with Gasteiger partial charge in [-0.05, 0) is 27.9 Å². The van der Waals surface area contributed by atoms with E-state index in [0.29, 0.717) is 29.9 Å². The van der Waals surface area contributed by atoms with Gasteiger partial charge in [-0.15, -0.1) is 0 Å². The molecule has 0 spiro atoms. The second-order valence-corrected chi connectivity index (χ2v) is 5.52. The zero-order chi connectivity index (χ0) is 14.7. The molecule has 1 saturated heterocycles. The second-order valence-electron chi connectivity index (χ2n) is 5.52. The fraction of sp³-hybridized carbons (Fsp3) is 0.714. The van der Waals surface area contributed by atoms with Crippen LogP contribution in [0, 0.1) is 12.7 Å². The SMILES string of the molecule is CCNc1nc(CC2CN(C)CCN2C)nc(C)c1F. The highest BCUT2D eigenvalue weighted by Gasteiger charge is 2.24. The lowest BCUT2D eigenvalue weighted by Crippen LogP contribution is -2.51. The molecule has 0 amide bonds. The van der Waals surface area contributed by atoms with Gasteiger partial charge < -0.3 is 15.1 Å². The molecule has 0 aliphatic carbocycles. The Balaban J connectivity index is 2.16. The molecule has 20 heavy (non-hydrogen) atoms. The first kappa shape index (κ1) is 15.1. The van der Waals surface area contributed by atoms with Gasteiger partial charge in [-0.2, -0.15) is 0 Å². The Morgan fingerprint density at radius 1 is 1.30 bits per heavy atom. The van der Waals surface area contributed by atoms with Gasteiger partial charge in [0.2, 0.25) is 0 Å². The summed E-state index contributed by atoms with van der Waals surface area (Å²) in [6.07, 6.45) is 0.750. The summed E-state index contributed by atoms with van der Waals surface area (Å²) in [6.45, 7) is 7.39. The van der Waals surface area contributed by atoms with E-state index >= 15 is 0 Å². The number of aryl methyl sites for hydroxylation is 1. The van der Waals surface area contributed by atoms with Crippen LogP contribution in [0.15, 0.2) is 0 Å². The van der Waals surface area contributed by atoms with Crippen molar-refractivity contribution in [3.63, 3.8) is 0 Å². The standard InChI is InChI=1S/C14H24FN5/c1-5-16-14-13(15)10(2)17-12(18-14)8-11-9-19(3)6-7-20(11)4/h11H,5-9H2,1-4H3,(H,16,17,18). The van der Waals surface area contributed by atoms with Crippen LogP contribution in [0.5, 0.6) is 0 Å². The average Bonchev–Trinajstić information content (AvgIpc) is 2.40. The Morgan fingerprint density at radius 2 is 2.05 bits per heavy atom. The number of hydrogen-bond acceptors (Lipinski definition) is 5. The molecule has 1 fully saturated rings. The Morgan fingerprint density at radius 3 is 2.75 bits per heavy atom. The van der Waals surface area contributed by atoms with Crippen LogP contribution >= 0.6 is 0 Å². The van der Waals surface area contributed by atoms with Crippen molar-refractivity contribution in [1.29, 1.82) is 0 Å². The lowest BCUT2D eigenvalue weighted by Gasteiger charge is -2.37. The van der Waals surface area contributed by atoms with Gasteiger partial charge in [-0.25, -0.2) is 14.4 Å². The Hall–Kier alpha value is -1.27. The summed E-state index contributed by atoms with van der Waals surface area (Å²) in [5.74, 6) is 0.693. The molecule has 1 atom stereocenters. The molecule has 6 heteroatoms. The smallest absolute Gasteiger partial charge is 0.186 e. The Kier molecular flexibility index (Phi) is 4.88. The summed E-state index contributed by atoms with van der Waals surface area (Å²) >= 11 is 0. The quantitative estimate of drug-likeness (QED) is 0.897.